The minimum Gasteiger partial charge on any atom is -0.480 e. The molecule has 0 aliphatic rings. The van der Waals surface area contributed by atoms with Gasteiger partial charge in [-0.25, -0.2) is 0 Å². The molecule has 10 heteroatoms. The highest BCUT2D eigenvalue weighted by atomic mass is 35.5. The van der Waals surface area contributed by atoms with Gasteiger partial charge >= 0.3 is 11.9 Å². The van der Waals surface area contributed by atoms with E-state index in [1.54, 1.807) is 0 Å². The summed E-state index contributed by atoms with van der Waals surface area (Å²) in [4.78, 5) is 22.4. The maximum absolute atomic E-state index is 11.6. The Bertz CT molecular complexity index is 412. The van der Waals surface area contributed by atoms with Crippen molar-refractivity contribution in [2.24, 2.45) is 22.3 Å². The average molecular weight is 425 g/mol. The second-order valence-corrected chi connectivity index (χ2v) is 9.95. The first-order valence-electron chi connectivity index (χ1n) is 6.96. The van der Waals surface area contributed by atoms with Crippen LogP contribution in [0.4, 0.5) is 0 Å². The standard InChI is InChI=1S/C14H28N2O4S2.2ClH/c1-12(2,3)14(13(4,5)6,9(16)11(19)20)22-21-7-8(15)10(17)18;;/h8-9H,7,15-16H2,1-6H3,(H,17,18)(H,19,20);2*1H. The van der Waals surface area contributed by atoms with Gasteiger partial charge in [0.25, 0.3) is 0 Å². The van der Waals surface area contributed by atoms with Gasteiger partial charge in [-0.1, -0.05) is 63.1 Å². The molecule has 0 radical (unpaired) electrons. The van der Waals surface area contributed by atoms with Crippen LogP contribution in [0.2, 0.25) is 0 Å². The molecule has 0 saturated carbocycles. The molecular formula is C14H30Cl2N2O4S2. The van der Waals surface area contributed by atoms with Crippen molar-refractivity contribution in [2.45, 2.75) is 58.4 Å². The molecule has 24 heavy (non-hydrogen) atoms. The van der Waals surface area contributed by atoms with Crippen LogP contribution in [0.25, 0.3) is 0 Å². The van der Waals surface area contributed by atoms with E-state index in [0.29, 0.717) is 0 Å². The summed E-state index contributed by atoms with van der Waals surface area (Å²) < 4.78 is -0.811. The van der Waals surface area contributed by atoms with E-state index in [1.165, 1.54) is 21.6 Å². The lowest BCUT2D eigenvalue weighted by Gasteiger charge is -2.54. The topological polar surface area (TPSA) is 127 Å². The van der Waals surface area contributed by atoms with E-state index in [4.69, 9.17) is 16.6 Å². The number of carbonyl (C=O) groups is 2. The molecule has 0 aromatic carbocycles. The predicted molar refractivity (Wildman–Crippen MR) is 107 cm³/mol. The Morgan fingerprint density at radius 1 is 0.917 bits per heavy atom. The van der Waals surface area contributed by atoms with Crippen LogP contribution >= 0.6 is 46.4 Å². The number of carboxylic acid groups (broad SMARTS) is 2. The highest BCUT2D eigenvalue weighted by Gasteiger charge is 2.57. The van der Waals surface area contributed by atoms with Crippen molar-refractivity contribution in [1.82, 2.24) is 0 Å². The molecule has 6 nitrogen and oxygen atoms in total. The van der Waals surface area contributed by atoms with Crippen molar-refractivity contribution in [1.29, 1.82) is 0 Å². The summed E-state index contributed by atoms with van der Waals surface area (Å²) in [6, 6.07) is -2.08. The molecule has 0 aromatic rings. The van der Waals surface area contributed by atoms with Crippen molar-refractivity contribution in [2.75, 3.05) is 5.75 Å². The minimum absolute atomic E-state index is 0. The van der Waals surface area contributed by atoms with Gasteiger partial charge in [0.15, 0.2) is 0 Å². The van der Waals surface area contributed by atoms with Crippen LogP contribution in [-0.4, -0.2) is 44.7 Å². The average Bonchev–Trinajstić information content (AvgIpc) is 2.29. The Labute approximate surface area is 164 Å². The van der Waals surface area contributed by atoms with E-state index in [0.717, 1.165) is 0 Å². The molecule has 0 aliphatic carbocycles. The molecule has 0 spiro atoms. The zero-order valence-electron chi connectivity index (χ0n) is 14.9. The number of aliphatic carboxylic acids is 2. The summed E-state index contributed by atoms with van der Waals surface area (Å²) in [5, 5.41) is 18.3. The largest absolute Gasteiger partial charge is 0.480 e. The lowest BCUT2D eigenvalue weighted by Crippen LogP contribution is -2.64. The van der Waals surface area contributed by atoms with Gasteiger partial charge in [0.05, 0.1) is 4.75 Å². The quantitative estimate of drug-likeness (QED) is 0.459. The highest BCUT2D eigenvalue weighted by molar-refractivity contribution is 8.77. The molecule has 0 bridgehead atoms. The van der Waals surface area contributed by atoms with E-state index < -0.39 is 39.6 Å². The zero-order chi connectivity index (χ0) is 17.9. The molecule has 2 atom stereocenters. The van der Waals surface area contributed by atoms with E-state index in [-0.39, 0.29) is 30.6 Å². The maximum Gasteiger partial charge on any atom is 0.322 e. The third-order valence-electron chi connectivity index (χ3n) is 3.69. The molecule has 146 valence electrons. The Hall–Kier alpha value is 0.140. The zero-order valence-corrected chi connectivity index (χ0v) is 18.1. The van der Waals surface area contributed by atoms with Crippen LogP contribution in [0.3, 0.4) is 0 Å². The van der Waals surface area contributed by atoms with Crippen molar-refractivity contribution >= 4 is 58.3 Å². The third kappa shape index (κ3) is 6.46. The molecule has 0 amide bonds. The summed E-state index contributed by atoms with van der Waals surface area (Å²) in [6.45, 7) is 11.7. The van der Waals surface area contributed by atoms with Crippen LogP contribution in [0, 0.1) is 10.8 Å². The van der Waals surface area contributed by atoms with Gasteiger partial charge in [-0.2, -0.15) is 0 Å². The summed E-state index contributed by atoms with van der Waals surface area (Å²) in [7, 11) is 2.60. The fourth-order valence-corrected chi connectivity index (χ4v) is 7.07. The number of hydrogen-bond acceptors (Lipinski definition) is 6. The predicted octanol–water partition coefficient (Wildman–Crippen LogP) is 2.87. The number of nitrogens with two attached hydrogens (primary N) is 2. The van der Waals surface area contributed by atoms with Crippen molar-refractivity contribution in [3.8, 4) is 0 Å². The van der Waals surface area contributed by atoms with Gasteiger partial charge in [-0.05, 0) is 10.8 Å². The smallest absolute Gasteiger partial charge is 0.322 e. The summed E-state index contributed by atoms with van der Waals surface area (Å²) in [5.41, 5.74) is 10.7. The van der Waals surface area contributed by atoms with Crippen molar-refractivity contribution < 1.29 is 19.8 Å². The summed E-state index contributed by atoms with van der Waals surface area (Å²) in [6.07, 6.45) is 0. The van der Waals surface area contributed by atoms with Gasteiger partial charge in [-0.15, -0.1) is 24.8 Å². The molecule has 0 aliphatic heterocycles. The lowest BCUT2D eigenvalue weighted by molar-refractivity contribution is -0.141. The summed E-state index contributed by atoms with van der Waals surface area (Å²) in [5.74, 6) is -1.96. The molecule has 0 rings (SSSR count). The van der Waals surface area contributed by atoms with E-state index in [1.807, 2.05) is 41.5 Å². The molecule has 0 fully saturated rings. The fraction of sp³-hybridized carbons (Fsp3) is 0.857. The molecule has 0 heterocycles. The van der Waals surface area contributed by atoms with Crippen LogP contribution < -0.4 is 11.5 Å². The molecule has 2 unspecified atom stereocenters. The highest BCUT2D eigenvalue weighted by Crippen LogP contribution is 2.58. The SMILES string of the molecule is CC(C)(C)C(SSCC(N)C(=O)O)(C(N)C(=O)O)C(C)(C)C.Cl.Cl. The van der Waals surface area contributed by atoms with Crippen LogP contribution in [-0.2, 0) is 9.59 Å². The Morgan fingerprint density at radius 3 is 1.54 bits per heavy atom. The van der Waals surface area contributed by atoms with Crippen LogP contribution in [0.5, 0.6) is 0 Å². The van der Waals surface area contributed by atoms with Gasteiger partial charge in [0.1, 0.15) is 12.1 Å². The van der Waals surface area contributed by atoms with Crippen LogP contribution in [0.1, 0.15) is 41.5 Å². The molecule has 0 saturated heterocycles. The Morgan fingerprint density at radius 2 is 1.29 bits per heavy atom. The van der Waals surface area contributed by atoms with Gasteiger partial charge in [0.2, 0.25) is 0 Å². The monoisotopic (exact) mass is 424 g/mol. The number of rotatable bonds is 7. The van der Waals surface area contributed by atoms with Gasteiger partial charge in [-0.3, -0.25) is 9.59 Å². The van der Waals surface area contributed by atoms with Crippen LogP contribution in [0.15, 0.2) is 0 Å². The maximum atomic E-state index is 11.6. The number of carboxylic acids is 2. The van der Waals surface area contributed by atoms with Gasteiger partial charge in [0, 0.05) is 5.75 Å². The second-order valence-electron chi connectivity index (χ2n) is 7.36. The van der Waals surface area contributed by atoms with E-state index >= 15 is 0 Å². The summed E-state index contributed by atoms with van der Waals surface area (Å²) >= 11 is 0. The number of hydrogen-bond donors (Lipinski definition) is 4. The normalized spacial score (nSPS) is 14.8. The molecular weight excluding hydrogens is 395 g/mol. The lowest BCUT2D eigenvalue weighted by atomic mass is 9.62. The fourth-order valence-electron chi connectivity index (χ4n) is 2.81. The first-order valence-corrected chi connectivity index (χ1v) is 9.27. The van der Waals surface area contributed by atoms with Crippen molar-refractivity contribution in [3.05, 3.63) is 0 Å². The number of halogens is 2. The third-order valence-corrected chi connectivity index (χ3v) is 7.59. The first-order chi connectivity index (χ1) is 9.68. The Kier molecular flexibility index (Phi) is 12.4. The Balaban J connectivity index is -0.00000220. The van der Waals surface area contributed by atoms with E-state index in [9.17, 15) is 14.7 Å². The minimum atomic E-state index is -1.09. The molecule has 0 aromatic heterocycles. The van der Waals surface area contributed by atoms with Crippen molar-refractivity contribution in [3.63, 3.8) is 0 Å². The van der Waals surface area contributed by atoms with E-state index in [2.05, 4.69) is 0 Å². The van der Waals surface area contributed by atoms with Gasteiger partial charge < -0.3 is 21.7 Å². The second kappa shape index (κ2) is 10.3. The molecule has 6 N–H and O–H groups in total. The first kappa shape index (κ1) is 28.9.